The van der Waals surface area contributed by atoms with Crippen molar-refractivity contribution in [2.75, 3.05) is 13.3 Å². The van der Waals surface area contributed by atoms with Gasteiger partial charge in [-0.2, -0.15) is 14.0 Å². The number of hydrogen-bond acceptors (Lipinski definition) is 4. The average Bonchev–Trinajstić information content (AvgIpc) is 3.09. The van der Waals surface area contributed by atoms with E-state index in [4.69, 9.17) is 0 Å². The maximum Gasteiger partial charge on any atom is 0.270 e. The molecule has 0 bridgehead atoms. The van der Waals surface area contributed by atoms with Gasteiger partial charge in [0.1, 0.15) is 24.3 Å². The van der Waals surface area contributed by atoms with Crippen LogP contribution in [0.1, 0.15) is 36.4 Å². The summed E-state index contributed by atoms with van der Waals surface area (Å²) >= 11 is 0. The summed E-state index contributed by atoms with van der Waals surface area (Å²) in [7, 11) is -4.20. The lowest BCUT2D eigenvalue weighted by atomic mass is 9.92. The molecule has 6 nitrogen and oxygen atoms in total. The highest BCUT2D eigenvalue weighted by molar-refractivity contribution is 7.89. The Kier molecular flexibility index (Phi) is 6.72. The highest BCUT2D eigenvalue weighted by Gasteiger charge is 2.29. The number of nitrogens with zero attached hydrogens (tertiary/aromatic N) is 3. The molecular weight excluding hydrogens is 472 g/mol. The van der Waals surface area contributed by atoms with E-state index < -0.39 is 35.5 Å². The maximum atomic E-state index is 12.8. The lowest BCUT2D eigenvalue weighted by molar-refractivity contribution is 0.324. The second-order valence-electron chi connectivity index (χ2n) is 8.01. The Labute approximate surface area is 193 Å². The number of sulfonamides is 1. The first kappa shape index (κ1) is 23.9. The van der Waals surface area contributed by atoms with E-state index in [-0.39, 0.29) is 16.5 Å². The second kappa shape index (κ2) is 9.56. The maximum absolute atomic E-state index is 12.8. The Balaban J connectivity index is 1.84. The Hall–Kier alpha value is -3.23. The Bertz CT molecular complexity index is 1380. The van der Waals surface area contributed by atoms with Crippen LogP contribution in [-0.2, 0) is 10.0 Å². The molecule has 1 aliphatic rings. The molecule has 2 aromatic heterocycles. The highest BCUT2D eigenvalue weighted by atomic mass is 32.2. The summed E-state index contributed by atoms with van der Waals surface area (Å²) in [5.74, 6) is 0. The van der Waals surface area contributed by atoms with E-state index in [0.717, 1.165) is 31.5 Å². The monoisotopic (exact) mass is 492 g/mol. The van der Waals surface area contributed by atoms with Crippen molar-refractivity contribution in [3.8, 4) is 17.5 Å². The van der Waals surface area contributed by atoms with Gasteiger partial charge in [-0.3, -0.25) is 4.98 Å². The topological polar surface area (TPSA) is 87.8 Å². The fourth-order valence-electron chi connectivity index (χ4n) is 4.00. The summed E-state index contributed by atoms with van der Waals surface area (Å²) in [5, 5.41) is 10.5. The average molecular weight is 492 g/mol. The molecule has 4 rings (SSSR count). The largest absolute Gasteiger partial charge is 0.335 e. The fraction of sp³-hybridized carbons (Fsp3) is 0.304. The minimum absolute atomic E-state index is 0.0378. The van der Waals surface area contributed by atoms with Crippen LogP contribution in [0.4, 0.5) is 17.6 Å². The molecule has 0 atom stereocenters. The summed E-state index contributed by atoms with van der Waals surface area (Å²) < 4.78 is 79.9. The molecule has 2 heterocycles. The van der Waals surface area contributed by atoms with Crippen LogP contribution in [0, 0.1) is 11.3 Å². The van der Waals surface area contributed by atoms with Crippen LogP contribution in [0.15, 0.2) is 47.5 Å². The van der Waals surface area contributed by atoms with Crippen LogP contribution in [0.2, 0.25) is 0 Å². The molecule has 11 heteroatoms. The third kappa shape index (κ3) is 4.43. The van der Waals surface area contributed by atoms with Crippen molar-refractivity contribution in [2.24, 2.45) is 0 Å². The summed E-state index contributed by atoms with van der Waals surface area (Å²) in [5.41, 5.74) is 1.98. The molecule has 0 radical (unpaired) electrons. The third-order valence-electron chi connectivity index (χ3n) is 5.84. The van der Waals surface area contributed by atoms with E-state index in [1.807, 2.05) is 9.29 Å². The molecule has 0 spiro atoms. The van der Waals surface area contributed by atoms with Crippen molar-refractivity contribution < 1.29 is 26.0 Å². The van der Waals surface area contributed by atoms with Crippen LogP contribution >= 0.6 is 0 Å². The molecule has 0 unspecified atom stereocenters. The SMILES string of the molecule is N#Cc1c(-c2ccc(S(=O)(=O)NC(CF)CF)cn2)n(C2CCC2)c2cc(C=C(F)F)ccc12. The highest BCUT2D eigenvalue weighted by Crippen LogP contribution is 2.42. The number of pyridine rings is 1. The zero-order valence-corrected chi connectivity index (χ0v) is 18.6. The summed E-state index contributed by atoms with van der Waals surface area (Å²) in [6.45, 7) is -2.39. The first-order valence-electron chi connectivity index (χ1n) is 10.5. The van der Waals surface area contributed by atoms with Crippen LogP contribution in [0.5, 0.6) is 0 Å². The predicted molar refractivity (Wildman–Crippen MR) is 119 cm³/mol. The number of alkyl halides is 2. The molecule has 178 valence electrons. The van der Waals surface area contributed by atoms with Crippen LogP contribution in [-0.4, -0.2) is 37.4 Å². The van der Waals surface area contributed by atoms with Crippen LogP contribution in [0.25, 0.3) is 28.4 Å². The predicted octanol–water partition coefficient (Wildman–Crippen LogP) is 5.12. The van der Waals surface area contributed by atoms with Gasteiger partial charge in [-0.15, -0.1) is 0 Å². The Morgan fingerprint density at radius 2 is 1.97 bits per heavy atom. The van der Waals surface area contributed by atoms with Gasteiger partial charge in [0.2, 0.25) is 10.0 Å². The molecule has 1 fully saturated rings. The van der Waals surface area contributed by atoms with Gasteiger partial charge in [0.15, 0.2) is 0 Å². The minimum atomic E-state index is -4.20. The van der Waals surface area contributed by atoms with E-state index in [9.17, 15) is 31.2 Å². The van der Waals surface area contributed by atoms with Gasteiger partial charge in [0.05, 0.1) is 28.5 Å². The number of fused-ring (bicyclic) bond motifs is 1. The molecule has 1 aliphatic carbocycles. The van der Waals surface area contributed by atoms with Gasteiger partial charge in [0, 0.05) is 23.7 Å². The lowest BCUT2D eigenvalue weighted by Gasteiger charge is -2.30. The van der Waals surface area contributed by atoms with Gasteiger partial charge in [-0.1, -0.05) is 12.1 Å². The molecule has 3 aromatic rings. The first-order valence-corrected chi connectivity index (χ1v) is 12.0. The standard InChI is InChI=1S/C23H20F4N4O2S/c24-10-15(11-25)30-34(32,33)17-5-7-20(29-13-17)23-19(12-28)18-6-4-14(9-22(26)27)8-21(18)31(23)16-2-1-3-16/h4-9,13,15-16,30H,1-3,10-11H2. The van der Waals surface area contributed by atoms with Gasteiger partial charge in [-0.05, 0) is 43.0 Å². The summed E-state index contributed by atoms with van der Waals surface area (Å²) in [4.78, 5) is 3.96. The number of benzene rings is 1. The van der Waals surface area contributed by atoms with E-state index in [2.05, 4.69) is 11.1 Å². The molecule has 1 N–H and O–H groups in total. The van der Waals surface area contributed by atoms with E-state index >= 15 is 0 Å². The smallest absolute Gasteiger partial charge is 0.270 e. The van der Waals surface area contributed by atoms with Crippen LogP contribution < -0.4 is 4.72 Å². The van der Waals surface area contributed by atoms with E-state index in [1.54, 1.807) is 12.1 Å². The molecular formula is C23H20F4N4O2S. The van der Waals surface area contributed by atoms with Crippen molar-refractivity contribution in [3.63, 3.8) is 0 Å². The third-order valence-corrected chi connectivity index (χ3v) is 7.35. The number of aromatic nitrogens is 2. The molecule has 1 saturated carbocycles. The first-order chi connectivity index (χ1) is 16.3. The minimum Gasteiger partial charge on any atom is -0.335 e. The molecule has 34 heavy (non-hydrogen) atoms. The van der Waals surface area contributed by atoms with Gasteiger partial charge in [-0.25, -0.2) is 21.9 Å². The van der Waals surface area contributed by atoms with Crippen molar-refractivity contribution >= 4 is 27.0 Å². The molecule has 0 saturated heterocycles. The molecule has 0 amide bonds. The summed E-state index contributed by atoms with van der Waals surface area (Å²) in [6, 6.07) is 8.08. The summed E-state index contributed by atoms with van der Waals surface area (Å²) in [6.07, 6.45) is 2.62. The number of rotatable bonds is 8. The van der Waals surface area contributed by atoms with Crippen molar-refractivity contribution in [1.29, 1.82) is 5.26 Å². The normalized spacial score (nSPS) is 14.2. The fourth-order valence-corrected chi connectivity index (χ4v) is 5.14. The van der Waals surface area contributed by atoms with Gasteiger partial charge < -0.3 is 4.57 Å². The zero-order valence-electron chi connectivity index (χ0n) is 17.8. The Morgan fingerprint density at radius 1 is 1.24 bits per heavy atom. The molecule has 1 aromatic carbocycles. The van der Waals surface area contributed by atoms with Crippen LogP contribution in [0.3, 0.4) is 0 Å². The number of halogens is 4. The Morgan fingerprint density at radius 3 is 2.50 bits per heavy atom. The molecule has 0 aliphatic heterocycles. The number of nitrogens with one attached hydrogen (secondary N) is 1. The van der Waals surface area contributed by atoms with Gasteiger partial charge in [0.25, 0.3) is 6.08 Å². The number of nitriles is 1. The van der Waals surface area contributed by atoms with Crippen molar-refractivity contribution in [1.82, 2.24) is 14.3 Å². The quantitative estimate of drug-likeness (QED) is 0.442. The van der Waals surface area contributed by atoms with Crippen molar-refractivity contribution in [3.05, 3.63) is 53.7 Å². The van der Waals surface area contributed by atoms with Crippen molar-refractivity contribution in [2.45, 2.75) is 36.2 Å². The van der Waals surface area contributed by atoms with Gasteiger partial charge >= 0.3 is 0 Å². The second-order valence-corrected chi connectivity index (χ2v) is 9.72. The van der Waals surface area contributed by atoms with E-state index in [0.29, 0.717) is 27.9 Å². The number of hydrogen-bond donors (Lipinski definition) is 1. The zero-order chi connectivity index (χ0) is 24.5. The van der Waals surface area contributed by atoms with E-state index in [1.165, 1.54) is 18.2 Å². The lowest BCUT2D eigenvalue weighted by Crippen LogP contribution is -2.37.